The minimum atomic E-state index is 0.0781. The minimum absolute atomic E-state index is 0.0781. The van der Waals surface area contributed by atoms with Crippen LogP contribution < -0.4 is 0 Å². The molecule has 1 amide bonds. The van der Waals surface area contributed by atoms with E-state index in [9.17, 15) is 4.79 Å². The van der Waals surface area contributed by atoms with E-state index in [1.54, 1.807) is 4.68 Å². The first-order valence-corrected chi connectivity index (χ1v) is 10.1. The molecule has 0 aromatic carbocycles. The molecule has 1 saturated heterocycles. The van der Waals surface area contributed by atoms with Gasteiger partial charge in [-0.05, 0) is 32.8 Å². The van der Waals surface area contributed by atoms with Gasteiger partial charge in [-0.25, -0.2) is 9.61 Å². The van der Waals surface area contributed by atoms with Crippen molar-refractivity contribution in [3.8, 4) is 0 Å². The van der Waals surface area contributed by atoms with Crippen molar-refractivity contribution in [2.45, 2.75) is 39.2 Å². The zero-order valence-corrected chi connectivity index (χ0v) is 17.1. The molecule has 0 atom stereocenters. The molecule has 2 fully saturated rings. The van der Waals surface area contributed by atoms with Crippen molar-refractivity contribution in [3.63, 3.8) is 0 Å². The molecule has 9 nitrogen and oxygen atoms in total. The molecule has 5 rings (SSSR count). The van der Waals surface area contributed by atoms with E-state index in [0.29, 0.717) is 25.6 Å². The Morgan fingerprint density at radius 3 is 2.55 bits per heavy atom. The number of rotatable bonds is 4. The summed E-state index contributed by atoms with van der Waals surface area (Å²) in [5, 5.41) is 13.2. The third-order valence-electron chi connectivity index (χ3n) is 5.99. The third-order valence-corrected chi connectivity index (χ3v) is 5.99. The summed E-state index contributed by atoms with van der Waals surface area (Å²) in [6, 6.07) is 2.01. The lowest BCUT2D eigenvalue weighted by Crippen LogP contribution is -2.48. The smallest absolute Gasteiger partial charge is 0.254 e. The summed E-state index contributed by atoms with van der Waals surface area (Å²) in [7, 11) is 1.90. The van der Waals surface area contributed by atoms with Gasteiger partial charge in [0.2, 0.25) is 0 Å². The summed E-state index contributed by atoms with van der Waals surface area (Å²) in [5.74, 6) is 0.562. The van der Waals surface area contributed by atoms with Crippen molar-refractivity contribution in [1.29, 1.82) is 0 Å². The molecule has 0 unspecified atom stereocenters. The molecule has 3 aromatic rings. The van der Waals surface area contributed by atoms with Gasteiger partial charge in [-0.15, -0.1) is 0 Å². The van der Waals surface area contributed by atoms with Gasteiger partial charge in [0.05, 0.1) is 16.6 Å². The minimum Gasteiger partial charge on any atom is -0.336 e. The second-order valence-corrected chi connectivity index (χ2v) is 8.14. The number of fused-ring (bicyclic) bond motifs is 1. The Balaban J connectivity index is 1.37. The predicted octanol–water partition coefficient (Wildman–Crippen LogP) is 1.80. The highest BCUT2D eigenvalue weighted by molar-refractivity contribution is 6.06. The van der Waals surface area contributed by atoms with Gasteiger partial charge in [0, 0.05) is 51.4 Å². The zero-order valence-electron chi connectivity index (χ0n) is 17.1. The summed E-state index contributed by atoms with van der Waals surface area (Å²) in [6.07, 6.45) is 2.30. The van der Waals surface area contributed by atoms with Gasteiger partial charge < -0.3 is 4.90 Å². The van der Waals surface area contributed by atoms with E-state index >= 15 is 0 Å². The van der Waals surface area contributed by atoms with Crippen LogP contribution in [0.2, 0.25) is 0 Å². The SMILES string of the molecule is Cc1nonc1CN1CCN(C(=O)c2cc(C3CC3)nc3c2c(C)nn3C)CC1. The molecule has 1 aliphatic heterocycles. The normalized spacial score (nSPS) is 18.0. The Hall–Kier alpha value is -2.81. The fraction of sp³-hybridized carbons (Fsp3) is 0.550. The van der Waals surface area contributed by atoms with Gasteiger partial charge >= 0.3 is 0 Å². The van der Waals surface area contributed by atoms with Crippen molar-refractivity contribution in [3.05, 3.63) is 34.4 Å². The first kappa shape index (κ1) is 18.2. The van der Waals surface area contributed by atoms with E-state index in [1.165, 1.54) is 0 Å². The highest BCUT2D eigenvalue weighted by Crippen LogP contribution is 2.40. The Labute approximate surface area is 168 Å². The Kier molecular flexibility index (Phi) is 4.34. The number of hydrogen-bond acceptors (Lipinski definition) is 7. The summed E-state index contributed by atoms with van der Waals surface area (Å²) in [5.41, 5.74) is 5.11. The molecular formula is C20H25N7O2. The number of nitrogens with zero attached hydrogens (tertiary/aromatic N) is 7. The van der Waals surface area contributed by atoms with E-state index in [2.05, 4.69) is 20.3 Å². The Bertz CT molecular complexity index is 1070. The van der Waals surface area contributed by atoms with Crippen LogP contribution >= 0.6 is 0 Å². The lowest BCUT2D eigenvalue weighted by Gasteiger charge is -2.34. The molecule has 152 valence electrons. The Morgan fingerprint density at radius 2 is 1.90 bits per heavy atom. The lowest BCUT2D eigenvalue weighted by atomic mass is 10.1. The topological polar surface area (TPSA) is 93.2 Å². The largest absolute Gasteiger partial charge is 0.336 e. The van der Waals surface area contributed by atoms with Crippen LogP contribution in [0.15, 0.2) is 10.7 Å². The van der Waals surface area contributed by atoms with Gasteiger partial charge in [-0.2, -0.15) is 5.10 Å². The fourth-order valence-electron chi connectivity index (χ4n) is 4.11. The monoisotopic (exact) mass is 395 g/mol. The summed E-state index contributed by atoms with van der Waals surface area (Å²) in [4.78, 5) is 22.5. The molecule has 0 radical (unpaired) electrons. The van der Waals surface area contributed by atoms with Gasteiger partial charge in [-0.3, -0.25) is 14.4 Å². The molecule has 0 bridgehead atoms. The number of piperazine rings is 1. The first-order chi connectivity index (χ1) is 14.0. The number of amides is 1. The van der Waals surface area contributed by atoms with Crippen LogP contribution in [0.3, 0.4) is 0 Å². The second kappa shape index (κ2) is 6.91. The number of hydrogen-bond donors (Lipinski definition) is 0. The molecule has 3 aromatic heterocycles. The van der Waals surface area contributed by atoms with Crippen molar-refractivity contribution in [2.24, 2.45) is 7.05 Å². The number of aryl methyl sites for hydroxylation is 3. The van der Waals surface area contributed by atoms with Crippen LogP contribution in [0.1, 0.15) is 51.9 Å². The molecule has 9 heteroatoms. The van der Waals surface area contributed by atoms with E-state index in [1.807, 2.05) is 31.9 Å². The van der Waals surface area contributed by atoms with E-state index in [-0.39, 0.29) is 5.91 Å². The van der Waals surface area contributed by atoms with E-state index in [4.69, 9.17) is 9.61 Å². The predicted molar refractivity (Wildman–Crippen MR) is 105 cm³/mol. The fourth-order valence-corrected chi connectivity index (χ4v) is 4.11. The quantitative estimate of drug-likeness (QED) is 0.665. The second-order valence-electron chi connectivity index (χ2n) is 8.14. The van der Waals surface area contributed by atoms with Crippen LogP contribution in [0, 0.1) is 13.8 Å². The van der Waals surface area contributed by atoms with Gasteiger partial charge in [0.15, 0.2) is 5.65 Å². The number of pyridine rings is 1. The van der Waals surface area contributed by atoms with E-state index < -0.39 is 0 Å². The van der Waals surface area contributed by atoms with Crippen molar-refractivity contribution < 1.29 is 9.42 Å². The van der Waals surface area contributed by atoms with Crippen LogP contribution in [0.25, 0.3) is 11.0 Å². The van der Waals surface area contributed by atoms with Crippen LogP contribution in [0.5, 0.6) is 0 Å². The maximum absolute atomic E-state index is 13.5. The summed E-state index contributed by atoms with van der Waals surface area (Å²) < 4.78 is 6.58. The van der Waals surface area contributed by atoms with Gasteiger partial charge in [0.1, 0.15) is 11.4 Å². The average molecular weight is 395 g/mol. The molecule has 2 aliphatic rings. The molecule has 29 heavy (non-hydrogen) atoms. The lowest BCUT2D eigenvalue weighted by molar-refractivity contribution is 0.0627. The molecule has 1 saturated carbocycles. The van der Waals surface area contributed by atoms with E-state index in [0.717, 1.165) is 65.3 Å². The third kappa shape index (κ3) is 3.29. The summed E-state index contributed by atoms with van der Waals surface area (Å²) >= 11 is 0. The van der Waals surface area contributed by atoms with Crippen molar-refractivity contribution in [1.82, 2.24) is 34.9 Å². The zero-order chi connectivity index (χ0) is 20.1. The molecule has 4 heterocycles. The van der Waals surface area contributed by atoms with Crippen molar-refractivity contribution >= 4 is 16.9 Å². The van der Waals surface area contributed by atoms with Crippen LogP contribution in [-0.2, 0) is 13.6 Å². The molecule has 1 aliphatic carbocycles. The molecular weight excluding hydrogens is 370 g/mol. The maximum atomic E-state index is 13.5. The van der Waals surface area contributed by atoms with Gasteiger partial charge in [0.25, 0.3) is 5.91 Å². The van der Waals surface area contributed by atoms with Crippen molar-refractivity contribution in [2.75, 3.05) is 26.2 Å². The van der Waals surface area contributed by atoms with Gasteiger partial charge in [-0.1, -0.05) is 10.3 Å². The number of carbonyl (C=O) groups excluding carboxylic acids is 1. The standard InChI is InChI=1S/C20H25N7O2/c1-12-17(24-29-23-12)11-26-6-8-27(9-7-26)20(28)15-10-16(14-4-5-14)21-19-18(15)13(2)22-25(19)3/h10,14H,4-9,11H2,1-3H3. The number of carbonyl (C=O) groups is 1. The number of aromatic nitrogens is 5. The molecule has 0 N–H and O–H groups in total. The summed E-state index contributed by atoms with van der Waals surface area (Å²) in [6.45, 7) is 7.51. The molecule has 0 spiro atoms. The maximum Gasteiger partial charge on any atom is 0.254 e. The van der Waals surface area contributed by atoms with Crippen LogP contribution in [-0.4, -0.2) is 67.0 Å². The average Bonchev–Trinajstić information content (AvgIpc) is 3.44. The first-order valence-electron chi connectivity index (χ1n) is 10.1. The highest BCUT2D eigenvalue weighted by Gasteiger charge is 2.30. The Morgan fingerprint density at radius 1 is 1.14 bits per heavy atom. The van der Waals surface area contributed by atoms with Crippen LogP contribution in [0.4, 0.5) is 0 Å². The highest BCUT2D eigenvalue weighted by atomic mass is 16.6.